The molecule has 0 aromatic rings. The minimum absolute atomic E-state index is 6.24. The quantitative estimate of drug-likeness (QED) is 0.731. The van der Waals surface area contributed by atoms with Crippen molar-refractivity contribution in [2.75, 3.05) is 0 Å². The van der Waals surface area contributed by atoms with Gasteiger partial charge in [-0.15, -0.1) is 0 Å². The first-order chi connectivity index (χ1) is 9.15. The fourth-order valence-electron chi connectivity index (χ4n) is 1.22. The van der Waals surface area contributed by atoms with Gasteiger partial charge in [0, 0.05) is 0 Å². The Bertz CT molecular complexity index is 329. The van der Waals surface area contributed by atoms with Gasteiger partial charge in [-0.1, -0.05) is 0 Å². The number of hydrogen-bond donors (Lipinski definition) is 1. The minimum Gasteiger partial charge on any atom is -0.385 e. The van der Waals surface area contributed by atoms with Crippen LogP contribution in [0.5, 0.6) is 0 Å². The van der Waals surface area contributed by atoms with E-state index in [1.54, 1.807) is 0 Å². The second-order valence-corrected chi connectivity index (χ2v) is 3.82. The van der Waals surface area contributed by atoms with Crippen molar-refractivity contribution in [3.05, 3.63) is 0 Å². The third kappa shape index (κ3) is 2.78. The van der Waals surface area contributed by atoms with Crippen LogP contribution in [0.2, 0.25) is 0 Å². The van der Waals surface area contributed by atoms with E-state index in [9.17, 15) is 61.5 Å². The van der Waals surface area contributed by atoms with E-state index in [0.29, 0.717) is 0 Å². The van der Waals surface area contributed by atoms with E-state index in [0.717, 1.165) is 0 Å². The summed E-state index contributed by atoms with van der Waals surface area (Å²) in [7, 11) is 0. The van der Waals surface area contributed by atoms with Crippen molar-refractivity contribution in [1.82, 2.24) is 0 Å². The maximum Gasteiger partial charge on any atom is 0.434 e. The molecule has 0 bridgehead atoms. The lowest BCUT2D eigenvalue weighted by Crippen LogP contribution is -2.73. The third-order valence-electron chi connectivity index (χ3n) is 2.40. The summed E-state index contributed by atoms with van der Waals surface area (Å²) < 4.78 is 170. The van der Waals surface area contributed by atoms with Crippen LogP contribution in [0.25, 0.3) is 0 Å². The van der Waals surface area contributed by atoms with Crippen molar-refractivity contribution in [1.29, 1.82) is 0 Å². The average molecular weight is 368 g/mol. The molecule has 0 unspecified atom stereocenters. The SMILES string of the molecule is OC(C(F)(C(F)(F)F)C(F)(F)F)C(F)(C(F)(F)F)C(F)(F)F. The van der Waals surface area contributed by atoms with Crippen molar-refractivity contribution < 1.29 is 66.6 Å². The lowest BCUT2D eigenvalue weighted by molar-refractivity contribution is -0.425. The minimum atomic E-state index is -7.53. The summed E-state index contributed by atoms with van der Waals surface area (Å²) in [5.74, 6) is 0. The molecule has 0 heterocycles. The first-order valence-electron chi connectivity index (χ1n) is 4.48. The Hall–Kier alpha value is -1.02. The van der Waals surface area contributed by atoms with E-state index in [4.69, 9.17) is 5.11 Å². The smallest absolute Gasteiger partial charge is 0.385 e. The van der Waals surface area contributed by atoms with Crippen LogP contribution in [0.1, 0.15) is 0 Å². The van der Waals surface area contributed by atoms with Crippen LogP contribution < -0.4 is 0 Å². The number of rotatable bonds is 2. The van der Waals surface area contributed by atoms with Crippen molar-refractivity contribution in [2.45, 2.75) is 42.1 Å². The highest BCUT2D eigenvalue weighted by Crippen LogP contribution is 2.57. The number of aliphatic hydroxyl groups is 1. The van der Waals surface area contributed by atoms with Crippen LogP contribution in [0.4, 0.5) is 61.5 Å². The molecule has 0 fully saturated rings. The summed E-state index contributed by atoms with van der Waals surface area (Å²) in [4.78, 5) is 0. The van der Waals surface area contributed by atoms with Crippen molar-refractivity contribution in [3.8, 4) is 0 Å². The van der Waals surface area contributed by atoms with Gasteiger partial charge >= 0.3 is 36.0 Å². The van der Waals surface area contributed by atoms with E-state index < -0.39 is 42.1 Å². The second kappa shape index (κ2) is 4.99. The standard InChI is InChI=1S/C7H2F14O/c8-2(4(10,11)12,5(13,14)15)1(22)3(9,6(16,17)18)7(19,20)21/h1,22H. The Kier molecular flexibility index (Phi) is 4.76. The first kappa shape index (κ1) is 21.0. The number of aliphatic hydroxyl groups excluding tert-OH is 1. The molecule has 1 nitrogen and oxygen atoms in total. The zero-order valence-electron chi connectivity index (χ0n) is 9.32. The van der Waals surface area contributed by atoms with Crippen LogP contribution in [0.3, 0.4) is 0 Å². The molecule has 0 aliphatic carbocycles. The molecular weight excluding hydrogens is 366 g/mol. The molecule has 0 radical (unpaired) electrons. The van der Waals surface area contributed by atoms with Crippen LogP contribution in [-0.2, 0) is 0 Å². The monoisotopic (exact) mass is 368 g/mol. The van der Waals surface area contributed by atoms with Gasteiger partial charge in [0.1, 0.15) is 0 Å². The summed E-state index contributed by atoms with van der Waals surface area (Å²) >= 11 is 0. The molecule has 22 heavy (non-hydrogen) atoms. The number of alkyl halides is 14. The fourth-order valence-corrected chi connectivity index (χ4v) is 1.22. The van der Waals surface area contributed by atoms with Gasteiger partial charge in [-0.3, -0.25) is 0 Å². The van der Waals surface area contributed by atoms with E-state index in [-0.39, 0.29) is 0 Å². The lowest BCUT2D eigenvalue weighted by atomic mass is 9.83. The third-order valence-corrected chi connectivity index (χ3v) is 2.40. The van der Waals surface area contributed by atoms with Crippen LogP contribution in [0, 0.1) is 0 Å². The van der Waals surface area contributed by atoms with E-state index >= 15 is 0 Å². The Balaban J connectivity index is 6.54. The lowest BCUT2D eigenvalue weighted by Gasteiger charge is -2.41. The van der Waals surface area contributed by atoms with Gasteiger partial charge in [0.2, 0.25) is 0 Å². The first-order valence-corrected chi connectivity index (χ1v) is 4.48. The number of halogens is 14. The van der Waals surface area contributed by atoms with Gasteiger partial charge in [0.15, 0.2) is 6.10 Å². The van der Waals surface area contributed by atoms with Gasteiger partial charge in [0.05, 0.1) is 0 Å². The van der Waals surface area contributed by atoms with Gasteiger partial charge in [-0.05, 0) is 0 Å². The summed E-state index contributed by atoms with van der Waals surface area (Å²) in [6.45, 7) is 0. The molecule has 0 aromatic carbocycles. The summed E-state index contributed by atoms with van der Waals surface area (Å²) in [6, 6.07) is 0. The average Bonchev–Trinajstić information content (AvgIpc) is 2.19. The Labute approximate surface area is 110 Å². The molecule has 0 aliphatic rings. The molecule has 0 saturated carbocycles. The highest BCUT2D eigenvalue weighted by atomic mass is 19.4. The zero-order valence-corrected chi connectivity index (χ0v) is 9.32. The van der Waals surface area contributed by atoms with Crippen molar-refractivity contribution in [2.24, 2.45) is 0 Å². The maximum absolute atomic E-state index is 13.0. The summed E-state index contributed by atoms with van der Waals surface area (Å²) in [5.41, 5.74) is -15.1. The molecule has 0 aliphatic heterocycles. The Morgan fingerprint density at radius 3 is 0.636 bits per heavy atom. The molecule has 0 spiro atoms. The van der Waals surface area contributed by atoms with Gasteiger partial charge < -0.3 is 5.11 Å². The Morgan fingerprint density at radius 2 is 0.545 bits per heavy atom. The highest BCUT2D eigenvalue weighted by molar-refractivity contribution is 5.13. The van der Waals surface area contributed by atoms with Crippen LogP contribution >= 0.6 is 0 Å². The highest BCUT2D eigenvalue weighted by Gasteiger charge is 2.88. The van der Waals surface area contributed by atoms with Gasteiger partial charge in [-0.25, -0.2) is 8.78 Å². The molecule has 0 saturated heterocycles. The molecular formula is C7H2F14O. The molecule has 134 valence electrons. The molecule has 0 atom stereocenters. The van der Waals surface area contributed by atoms with Crippen LogP contribution in [-0.4, -0.2) is 47.3 Å². The normalized spacial score (nSPS) is 16.4. The Morgan fingerprint density at radius 1 is 0.409 bits per heavy atom. The summed E-state index contributed by atoms with van der Waals surface area (Å²) in [6.07, 6.45) is -36.4. The van der Waals surface area contributed by atoms with Crippen molar-refractivity contribution >= 4 is 0 Å². The maximum atomic E-state index is 13.0. The second-order valence-electron chi connectivity index (χ2n) is 3.82. The van der Waals surface area contributed by atoms with Crippen LogP contribution in [0.15, 0.2) is 0 Å². The topological polar surface area (TPSA) is 20.2 Å². The largest absolute Gasteiger partial charge is 0.434 e. The predicted molar refractivity (Wildman–Crippen MR) is 37.9 cm³/mol. The molecule has 0 rings (SSSR count). The van der Waals surface area contributed by atoms with E-state index in [1.165, 1.54) is 0 Å². The van der Waals surface area contributed by atoms with Crippen molar-refractivity contribution in [3.63, 3.8) is 0 Å². The van der Waals surface area contributed by atoms with Gasteiger partial charge in [-0.2, -0.15) is 52.7 Å². The summed E-state index contributed by atoms with van der Waals surface area (Å²) in [5, 5.41) is 8.20. The molecule has 15 heteroatoms. The van der Waals surface area contributed by atoms with Gasteiger partial charge in [0.25, 0.3) is 0 Å². The molecule has 0 amide bonds. The van der Waals surface area contributed by atoms with E-state index in [1.807, 2.05) is 0 Å². The zero-order chi connectivity index (χ0) is 18.6. The molecule has 1 N–H and O–H groups in total. The number of hydrogen-bond acceptors (Lipinski definition) is 1. The predicted octanol–water partition coefficient (Wildman–Crippen LogP) is 4.01. The van der Waals surface area contributed by atoms with E-state index in [2.05, 4.69) is 0 Å². The molecule has 0 aromatic heterocycles. The fraction of sp³-hybridized carbons (Fsp3) is 1.00.